The van der Waals surface area contributed by atoms with Crippen molar-refractivity contribution >= 4 is 22.1 Å². The summed E-state index contributed by atoms with van der Waals surface area (Å²) in [4.78, 5) is 3.08. The van der Waals surface area contributed by atoms with Crippen LogP contribution >= 0.6 is 0 Å². The Morgan fingerprint density at radius 3 is 2.21 bits per heavy atom. The minimum atomic E-state index is -0.995. The summed E-state index contributed by atoms with van der Waals surface area (Å²) >= 11 is -0.995. The highest BCUT2D eigenvalue weighted by atomic mass is 32.2. The number of nitrogens with zero attached hydrogens (tertiary/aromatic N) is 1. The fourth-order valence-corrected chi connectivity index (χ4v) is 3.75. The van der Waals surface area contributed by atoms with Crippen molar-refractivity contribution in [3.05, 3.63) is 59.4 Å². The van der Waals surface area contributed by atoms with Crippen LogP contribution in [0.25, 0.3) is 22.2 Å². The van der Waals surface area contributed by atoms with Crippen LogP contribution in [0.1, 0.15) is 30.7 Å². The predicted molar refractivity (Wildman–Crippen MR) is 111 cm³/mol. The molecule has 0 spiro atoms. The van der Waals surface area contributed by atoms with Gasteiger partial charge in [0, 0.05) is 25.5 Å². The molecule has 29 heavy (non-hydrogen) atoms. The van der Waals surface area contributed by atoms with E-state index in [0.29, 0.717) is 16.8 Å². The van der Waals surface area contributed by atoms with Crippen molar-refractivity contribution in [1.29, 1.82) is 0 Å². The lowest BCUT2D eigenvalue weighted by atomic mass is 9.78. The molecule has 0 saturated heterocycles. The molecule has 1 aliphatic carbocycles. The van der Waals surface area contributed by atoms with Gasteiger partial charge in [-0.15, -0.1) is 0 Å². The van der Waals surface area contributed by atoms with Gasteiger partial charge in [-0.2, -0.15) is 0 Å². The molecule has 0 radical (unpaired) electrons. The molecule has 0 bridgehead atoms. The van der Waals surface area contributed by atoms with Gasteiger partial charge in [0.2, 0.25) is 0 Å². The summed E-state index contributed by atoms with van der Waals surface area (Å²) in [6.45, 7) is 0. The summed E-state index contributed by atoms with van der Waals surface area (Å²) in [6.07, 6.45) is 3.15. The van der Waals surface area contributed by atoms with Crippen molar-refractivity contribution in [2.45, 2.75) is 25.2 Å². The second-order valence-corrected chi connectivity index (χ2v) is 8.76. The molecule has 2 aromatic carbocycles. The second-order valence-electron chi connectivity index (χ2n) is 7.12. The number of benzene rings is 2. The fraction of sp³-hybridized carbons (Fsp3) is 0.333. The Labute approximate surface area is 170 Å². The van der Waals surface area contributed by atoms with Crippen molar-refractivity contribution in [2.75, 3.05) is 21.1 Å². The third-order valence-electron chi connectivity index (χ3n) is 5.02. The molecule has 1 atom stereocenters. The zero-order valence-electron chi connectivity index (χ0n) is 16.6. The highest BCUT2D eigenvalue weighted by Crippen LogP contribution is 2.45. The van der Waals surface area contributed by atoms with Crippen LogP contribution in [0.3, 0.4) is 0 Å². The lowest BCUT2D eigenvalue weighted by Crippen LogP contribution is -2.25. The third-order valence-corrected chi connectivity index (χ3v) is 6.03. The van der Waals surface area contributed by atoms with E-state index in [4.69, 9.17) is 0 Å². The molecule has 1 fully saturated rings. The number of aromatic nitrogens is 1. The molecule has 1 aliphatic rings. The van der Waals surface area contributed by atoms with Gasteiger partial charge in [0.15, 0.2) is 11.2 Å². The maximum atomic E-state index is 14.1. The zero-order chi connectivity index (χ0) is 21.1. The average Bonchev–Trinajstić information content (AvgIpc) is 3.00. The van der Waals surface area contributed by atoms with E-state index in [1.54, 1.807) is 37.6 Å². The van der Waals surface area contributed by atoms with Crippen LogP contribution in [0.5, 0.6) is 0 Å². The van der Waals surface area contributed by atoms with E-state index in [9.17, 15) is 17.4 Å². The third kappa shape index (κ3) is 4.71. The molecule has 1 unspecified atom stereocenters. The Balaban J connectivity index is 0.000000298. The standard InChI is InChI=1S/C18H14F3N.C3H10N2OS/c19-12-6-4-11(5-7-12)17-16(10-2-1-3-10)14-8-13(20)9-15(21)18(14)22-17;1-4-7(6)5(2)3/h4-10,22H,1-3H2;4H,1-3H3. The highest BCUT2D eigenvalue weighted by Gasteiger charge is 2.27. The first-order chi connectivity index (χ1) is 13.8. The van der Waals surface area contributed by atoms with Crippen molar-refractivity contribution in [2.24, 2.45) is 0 Å². The monoisotopic (exact) mass is 423 g/mol. The topological polar surface area (TPSA) is 48.1 Å². The van der Waals surface area contributed by atoms with Crippen LogP contribution < -0.4 is 4.72 Å². The van der Waals surface area contributed by atoms with Crippen LogP contribution in [0, 0.1) is 17.5 Å². The molecule has 0 aliphatic heterocycles. The predicted octanol–water partition coefficient (Wildman–Crippen LogP) is 4.87. The molecule has 3 aromatic rings. The lowest BCUT2D eigenvalue weighted by Gasteiger charge is -2.26. The Hall–Kier alpha value is -2.16. The normalized spacial score (nSPS) is 15.1. The van der Waals surface area contributed by atoms with E-state index >= 15 is 0 Å². The summed E-state index contributed by atoms with van der Waals surface area (Å²) in [6, 6.07) is 8.35. The molecule has 4 nitrogen and oxygen atoms in total. The van der Waals surface area contributed by atoms with Crippen LogP contribution in [-0.2, 0) is 11.2 Å². The number of fused-ring (bicyclic) bond motifs is 1. The van der Waals surface area contributed by atoms with Gasteiger partial charge < -0.3 is 4.98 Å². The molecule has 8 heteroatoms. The summed E-state index contributed by atoms with van der Waals surface area (Å²) in [7, 11) is 5.13. The van der Waals surface area contributed by atoms with Gasteiger partial charge in [0.05, 0.1) is 11.2 Å². The summed E-state index contributed by atoms with van der Waals surface area (Å²) in [5.41, 5.74) is 2.83. The number of halogens is 3. The Morgan fingerprint density at radius 1 is 1.07 bits per heavy atom. The van der Waals surface area contributed by atoms with E-state index in [0.717, 1.165) is 42.1 Å². The van der Waals surface area contributed by atoms with Crippen LogP contribution in [-0.4, -0.2) is 34.6 Å². The van der Waals surface area contributed by atoms with Crippen LogP contribution in [0.15, 0.2) is 36.4 Å². The molecule has 1 saturated carbocycles. The first-order valence-corrected chi connectivity index (χ1v) is 10.5. The van der Waals surface area contributed by atoms with E-state index in [-0.39, 0.29) is 5.82 Å². The maximum absolute atomic E-state index is 14.1. The number of hydrogen-bond donors (Lipinski definition) is 2. The van der Waals surface area contributed by atoms with Crippen molar-refractivity contribution < 1.29 is 17.4 Å². The van der Waals surface area contributed by atoms with E-state index in [2.05, 4.69) is 9.71 Å². The van der Waals surface area contributed by atoms with Gasteiger partial charge in [-0.05, 0) is 67.3 Å². The van der Waals surface area contributed by atoms with E-state index in [1.807, 2.05) is 0 Å². The van der Waals surface area contributed by atoms with Gasteiger partial charge in [0.25, 0.3) is 0 Å². The number of H-pyrrole nitrogens is 1. The number of aromatic amines is 1. The van der Waals surface area contributed by atoms with Gasteiger partial charge in [0.1, 0.15) is 17.5 Å². The first-order valence-electron chi connectivity index (χ1n) is 9.35. The average molecular weight is 424 g/mol. The number of nitrogens with one attached hydrogen (secondary N) is 2. The smallest absolute Gasteiger partial charge is 0.169 e. The summed E-state index contributed by atoms with van der Waals surface area (Å²) in [5.74, 6) is -1.18. The largest absolute Gasteiger partial charge is 0.352 e. The minimum Gasteiger partial charge on any atom is -0.352 e. The summed E-state index contributed by atoms with van der Waals surface area (Å²) in [5, 5.41) is 0.599. The molecular formula is C21H24F3N3OS. The Bertz CT molecular complexity index is 1010. The Morgan fingerprint density at radius 2 is 1.72 bits per heavy atom. The van der Waals surface area contributed by atoms with Crippen LogP contribution in [0.4, 0.5) is 13.2 Å². The highest BCUT2D eigenvalue weighted by molar-refractivity contribution is 7.80. The first kappa shape index (κ1) is 21.5. The molecule has 0 amide bonds. The summed E-state index contributed by atoms with van der Waals surface area (Å²) < 4.78 is 55.4. The van der Waals surface area contributed by atoms with Gasteiger partial charge in [-0.3, -0.25) is 0 Å². The van der Waals surface area contributed by atoms with Crippen molar-refractivity contribution in [1.82, 2.24) is 14.0 Å². The quantitative estimate of drug-likeness (QED) is 0.618. The second kappa shape index (κ2) is 9.11. The molecule has 1 heterocycles. The maximum Gasteiger partial charge on any atom is 0.169 e. The Kier molecular flexibility index (Phi) is 6.77. The molecule has 4 rings (SSSR count). The van der Waals surface area contributed by atoms with Gasteiger partial charge in [-0.25, -0.2) is 26.4 Å². The number of hydrogen-bond acceptors (Lipinski definition) is 1. The molecule has 1 aromatic heterocycles. The lowest BCUT2D eigenvalue weighted by molar-refractivity contribution is 0.423. The van der Waals surface area contributed by atoms with E-state index in [1.165, 1.54) is 18.2 Å². The number of rotatable bonds is 4. The van der Waals surface area contributed by atoms with Crippen molar-refractivity contribution in [3.8, 4) is 11.3 Å². The minimum absolute atomic E-state index is 0.301. The molecular weight excluding hydrogens is 399 g/mol. The van der Waals surface area contributed by atoms with Gasteiger partial charge >= 0.3 is 0 Å². The van der Waals surface area contributed by atoms with Crippen LogP contribution in [0.2, 0.25) is 0 Å². The van der Waals surface area contributed by atoms with E-state index < -0.39 is 22.8 Å². The SMILES string of the molecule is CNS(=O)N(C)C.Fc1ccc(-c2[nH]c3c(F)cc(F)cc3c2C2CCC2)cc1. The van der Waals surface area contributed by atoms with Crippen molar-refractivity contribution in [3.63, 3.8) is 0 Å². The fourth-order valence-electron chi connectivity index (χ4n) is 3.39. The molecule has 2 N–H and O–H groups in total. The zero-order valence-corrected chi connectivity index (χ0v) is 17.4. The molecule has 156 valence electrons. The van der Waals surface area contributed by atoms with Gasteiger partial charge in [-0.1, -0.05) is 6.42 Å².